The van der Waals surface area contributed by atoms with Crippen LogP contribution in [0.1, 0.15) is 20.3 Å². The van der Waals surface area contributed by atoms with Crippen molar-refractivity contribution in [1.29, 1.82) is 0 Å². The standard InChI is InChI=1S/C12H16N4O3/c1-7(2)19-10-5-9(13-6-14-10)15-8-4-11(17)16(3)12(8)18/h5-8H,4H2,1-3H3,(H,13,14,15). The molecule has 1 N–H and O–H groups in total. The fourth-order valence-corrected chi connectivity index (χ4v) is 1.77. The number of nitrogens with zero attached hydrogens (tertiary/aromatic N) is 3. The van der Waals surface area contributed by atoms with E-state index in [1.54, 1.807) is 6.07 Å². The van der Waals surface area contributed by atoms with E-state index in [-0.39, 0.29) is 24.3 Å². The number of hydrogen-bond acceptors (Lipinski definition) is 6. The minimum absolute atomic E-state index is 0.00331. The third kappa shape index (κ3) is 2.98. The molecule has 102 valence electrons. The fraction of sp³-hybridized carbons (Fsp3) is 0.500. The SMILES string of the molecule is CC(C)Oc1cc(NC2CC(=O)N(C)C2=O)ncn1. The van der Waals surface area contributed by atoms with Crippen LogP contribution in [-0.2, 0) is 9.59 Å². The molecule has 2 amide bonds. The summed E-state index contributed by atoms with van der Waals surface area (Å²) in [5.41, 5.74) is 0. The molecule has 1 aliphatic rings. The van der Waals surface area contributed by atoms with Crippen molar-refractivity contribution in [3.8, 4) is 5.88 Å². The van der Waals surface area contributed by atoms with E-state index in [0.29, 0.717) is 11.7 Å². The number of aromatic nitrogens is 2. The number of amides is 2. The first kappa shape index (κ1) is 13.3. The van der Waals surface area contributed by atoms with Crippen molar-refractivity contribution >= 4 is 17.6 Å². The van der Waals surface area contributed by atoms with Crippen LogP contribution in [0, 0.1) is 0 Å². The average molecular weight is 264 g/mol. The fourth-order valence-electron chi connectivity index (χ4n) is 1.77. The molecule has 7 heteroatoms. The Balaban J connectivity index is 2.07. The Morgan fingerprint density at radius 2 is 2.16 bits per heavy atom. The number of ether oxygens (including phenoxy) is 1. The van der Waals surface area contributed by atoms with Crippen LogP contribution in [0.3, 0.4) is 0 Å². The van der Waals surface area contributed by atoms with Gasteiger partial charge in [0.1, 0.15) is 18.2 Å². The molecule has 2 rings (SSSR count). The van der Waals surface area contributed by atoms with Crippen molar-refractivity contribution in [3.63, 3.8) is 0 Å². The van der Waals surface area contributed by atoms with Gasteiger partial charge in [0.2, 0.25) is 11.8 Å². The smallest absolute Gasteiger partial charge is 0.251 e. The van der Waals surface area contributed by atoms with Gasteiger partial charge in [0.15, 0.2) is 0 Å². The van der Waals surface area contributed by atoms with Gasteiger partial charge in [-0.2, -0.15) is 0 Å². The van der Waals surface area contributed by atoms with E-state index in [4.69, 9.17) is 4.74 Å². The highest BCUT2D eigenvalue weighted by molar-refractivity contribution is 6.06. The highest BCUT2D eigenvalue weighted by atomic mass is 16.5. The van der Waals surface area contributed by atoms with Gasteiger partial charge in [0, 0.05) is 13.1 Å². The molecule has 1 atom stereocenters. The van der Waals surface area contributed by atoms with Gasteiger partial charge in [-0.3, -0.25) is 14.5 Å². The molecular formula is C12H16N4O3. The van der Waals surface area contributed by atoms with Crippen molar-refractivity contribution in [2.45, 2.75) is 32.4 Å². The second-order valence-corrected chi connectivity index (χ2v) is 4.60. The Bertz CT molecular complexity index is 504. The molecule has 19 heavy (non-hydrogen) atoms. The minimum Gasteiger partial charge on any atom is -0.475 e. The van der Waals surface area contributed by atoms with Crippen molar-refractivity contribution < 1.29 is 14.3 Å². The van der Waals surface area contributed by atoms with Crippen LogP contribution >= 0.6 is 0 Å². The van der Waals surface area contributed by atoms with Gasteiger partial charge in [0.25, 0.3) is 5.91 Å². The molecule has 0 bridgehead atoms. The minimum atomic E-state index is -0.570. The Hall–Kier alpha value is -2.18. The van der Waals surface area contributed by atoms with Crippen LogP contribution in [0.4, 0.5) is 5.82 Å². The van der Waals surface area contributed by atoms with Crippen molar-refractivity contribution in [3.05, 3.63) is 12.4 Å². The summed E-state index contributed by atoms with van der Waals surface area (Å²) in [6, 6.07) is 1.04. The van der Waals surface area contributed by atoms with Gasteiger partial charge in [-0.05, 0) is 13.8 Å². The number of hydrogen-bond donors (Lipinski definition) is 1. The third-order valence-corrected chi connectivity index (χ3v) is 2.70. The Morgan fingerprint density at radius 1 is 1.42 bits per heavy atom. The lowest BCUT2D eigenvalue weighted by molar-refractivity contribution is -0.136. The zero-order valence-electron chi connectivity index (χ0n) is 11.1. The van der Waals surface area contributed by atoms with E-state index in [9.17, 15) is 9.59 Å². The van der Waals surface area contributed by atoms with Crippen LogP contribution in [0.2, 0.25) is 0 Å². The summed E-state index contributed by atoms with van der Waals surface area (Å²) < 4.78 is 5.44. The maximum atomic E-state index is 11.8. The lowest BCUT2D eigenvalue weighted by atomic mass is 10.2. The summed E-state index contributed by atoms with van der Waals surface area (Å²) in [5.74, 6) is 0.440. The highest BCUT2D eigenvalue weighted by Crippen LogP contribution is 2.18. The second-order valence-electron chi connectivity index (χ2n) is 4.60. The van der Waals surface area contributed by atoms with E-state index in [2.05, 4.69) is 15.3 Å². The van der Waals surface area contributed by atoms with Crippen molar-refractivity contribution in [2.75, 3.05) is 12.4 Å². The maximum absolute atomic E-state index is 11.8. The van der Waals surface area contributed by atoms with Gasteiger partial charge < -0.3 is 10.1 Å². The summed E-state index contributed by atoms with van der Waals surface area (Å²) >= 11 is 0. The zero-order valence-corrected chi connectivity index (χ0v) is 11.1. The van der Waals surface area contributed by atoms with E-state index < -0.39 is 6.04 Å². The van der Waals surface area contributed by atoms with E-state index in [0.717, 1.165) is 4.90 Å². The van der Waals surface area contributed by atoms with Crippen molar-refractivity contribution in [1.82, 2.24) is 14.9 Å². The molecule has 1 aromatic rings. The van der Waals surface area contributed by atoms with Crippen LogP contribution < -0.4 is 10.1 Å². The summed E-state index contributed by atoms with van der Waals surface area (Å²) in [4.78, 5) is 32.2. The number of imide groups is 1. The first-order valence-corrected chi connectivity index (χ1v) is 6.03. The number of likely N-dealkylation sites (N-methyl/N-ethyl adjacent to an activating group) is 1. The molecule has 1 aromatic heterocycles. The summed E-state index contributed by atoms with van der Waals surface area (Å²) in [5, 5.41) is 2.92. The molecule has 1 aliphatic heterocycles. The Labute approximate surface area is 111 Å². The Kier molecular flexibility index (Phi) is 3.64. The number of carbonyl (C=O) groups is 2. The molecule has 7 nitrogen and oxygen atoms in total. The predicted molar refractivity (Wildman–Crippen MR) is 67.6 cm³/mol. The van der Waals surface area contributed by atoms with Gasteiger partial charge in [-0.25, -0.2) is 9.97 Å². The molecular weight excluding hydrogens is 248 g/mol. The lowest BCUT2D eigenvalue weighted by Gasteiger charge is -2.13. The van der Waals surface area contributed by atoms with Crippen LogP contribution in [-0.4, -0.2) is 45.9 Å². The molecule has 0 aliphatic carbocycles. The highest BCUT2D eigenvalue weighted by Gasteiger charge is 2.36. The van der Waals surface area contributed by atoms with Gasteiger partial charge >= 0.3 is 0 Å². The van der Waals surface area contributed by atoms with Crippen LogP contribution in [0.15, 0.2) is 12.4 Å². The molecule has 2 heterocycles. The van der Waals surface area contributed by atoms with Gasteiger partial charge in [0.05, 0.1) is 12.5 Å². The average Bonchev–Trinajstić information content (AvgIpc) is 2.57. The lowest BCUT2D eigenvalue weighted by Crippen LogP contribution is -2.32. The quantitative estimate of drug-likeness (QED) is 0.794. The first-order chi connectivity index (χ1) is 8.97. The molecule has 0 spiro atoms. The molecule has 1 saturated heterocycles. The van der Waals surface area contributed by atoms with Crippen LogP contribution in [0.25, 0.3) is 0 Å². The predicted octanol–water partition coefficient (Wildman–Crippen LogP) is 0.433. The topological polar surface area (TPSA) is 84.4 Å². The summed E-state index contributed by atoms with van der Waals surface area (Å²) in [7, 11) is 1.47. The maximum Gasteiger partial charge on any atom is 0.251 e. The molecule has 0 radical (unpaired) electrons. The van der Waals surface area contributed by atoms with E-state index in [1.165, 1.54) is 13.4 Å². The summed E-state index contributed by atoms with van der Waals surface area (Å²) in [6.07, 6.45) is 1.49. The number of carbonyl (C=O) groups excluding carboxylic acids is 2. The summed E-state index contributed by atoms with van der Waals surface area (Å²) in [6.45, 7) is 3.78. The molecule has 0 saturated carbocycles. The largest absolute Gasteiger partial charge is 0.475 e. The van der Waals surface area contributed by atoms with E-state index >= 15 is 0 Å². The van der Waals surface area contributed by atoms with Gasteiger partial charge in [-0.15, -0.1) is 0 Å². The Morgan fingerprint density at radius 3 is 2.74 bits per heavy atom. The molecule has 1 unspecified atom stereocenters. The third-order valence-electron chi connectivity index (χ3n) is 2.70. The van der Waals surface area contributed by atoms with Crippen molar-refractivity contribution in [2.24, 2.45) is 0 Å². The van der Waals surface area contributed by atoms with Gasteiger partial charge in [-0.1, -0.05) is 0 Å². The second kappa shape index (κ2) is 5.21. The van der Waals surface area contributed by atoms with Crippen LogP contribution in [0.5, 0.6) is 5.88 Å². The monoisotopic (exact) mass is 264 g/mol. The molecule has 1 fully saturated rings. The first-order valence-electron chi connectivity index (χ1n) is 6.03. The number of rotatable bonds is 4. The number of nitrogens with one attached hydrogen (secondary N) is 1. The van der Waals surface area contributed by atoms with E-state index in [1.807, 2.05) is 13.8 Å². The number of likely N-dealkylation sites (tertiary alicyclic amines) is 1. The molecule has 0 aromatic carbocycles. The number of anilines is 1. The normalized spacial score (nSPS) is 19.2. The zero-order chi connectivity index (χ0) is 14.0.